The van der Waals surface area contributed by atoms with Gasteiger partial charge in [-0.05, 0) is 30.7 Å². The van der Waals surface area contributed by atoms with Crippen LogP contribution in [0.25, 0.3) is 0 Å². The summed E-state index contributed by atoms with van der Waals surface area (Å²) in [4.78, 5) is 0. The predicted molar refractivity (Wildman–Crippen MR) is 75.6 cm³/mol. The highest BCUT2D eigenvalue weighted by Crippen LogP contribution is 2.25. The smallest absolute Gasteiger partial charge is 0.166 e. The van der Waals surface area contributed by atoms with Crippen molar-refractivity contribution >= 4 is 15.9 Å². The van der Waals surface area contributed by atoms with Gasteiger partial charge in [-0.3, -0.25) is 0 Å². The second kappa shape index (κ2) is 5.72. The second-order valence-electron chi connectivity index (χ2n) is 4.50. The third-order valence-electron chi connectivity index (χ3n) is 2.80. The van der Waals surface area contributed by atoms with Gasteiger partial charge in [0, 0.05) is 4.47 Å². The van der Waals surface area contributed by atoms with E-state index in [1.807, 2.05) is 18.2 Å². The van der Waals surface area contributed by atoms with Gasteiger partial charge in [-0.15, -0.1) is 0 Å². The third-order valence-corrected chi connectivity index (χ3v) is 3.29. The molecule has 0 aliphatic carbocycles. The average Bonchev–Trinajstić information content (AvgIpc) is 2.39. The zero-order chi connectivity index (χ0) is 13.9. The summed E-state index contributed by atoms with van der Waals surface area (Å²) in [5.74, 6) is -0.336. The van der Waals surface area contributed by atoms with E-state index in [4.69, 9.17) is 4.74 Å². The Labute approximate surface area is 120 Å². The number of rotatable bonds is 4. The molecule has 1 N–H and O–H groups in total. The Morgan fingerprint density at radius 2 is 1.89 bits per heavy atom. The maximum absolute atomic E-state index is 13.6. The van der Waals surface area contributed by atoms with Crippen LogP contribution in [0.3, 0.4) is 0 Å². The van der Waals surface area contributed by atoms with Crippen LogP contribution in [0, 0.1) is 5.82 Å². The maximum Gasteiger partial charge on any atom is 0.166 e. The molecule has 0 heterocycles. The summed E-state index contributed by atoms with van der Waals surface area (Å²) in [7, 11) is 0. The van der Waals surface area contributed by atoms with Gasteiger partial charge in [0.25, 0.3) is 0 Å². The van der Waals surface area contributed by atoms with E-state index >= 15 is 0 Å². The highest BCUT2D eigenvalue weighted by atomic mass is 79.9. The molecule has 0 fully saturated rings. The van der Waals surface area contributed by atoms with E-state index in [2.05, 4.69) is 15.9 Å². The molecule has 0 radical (unpaired) electrons. The molecule has 0 saturated heterocycles. The number of aliphatic hydroxyl groups is 1. The summed E-state index contributed by atoms with van der Waals surface area (Å²) >= 11 is 3.18. The van der Waals surface area contributed by atoms with Crippen molar-refractivity contribution in [2.24, 2.45) is 0 Å². The van der Waals surface area contributed by atoms with Gasteiger partial charge in [0.1, 0.15) is 12.2 Å². The minimum absolute atomic E-state index is 0.0183. The number of hydrogen-bond acceptors (Lipinski definition) is 2. The van der Waals surface area contributed by atoms with E-state index in [9.17, 15) is 9.50 Å². The van der Waals surface area contributed by atoms with E-state index in [-0.39, 0.29) is 12.4 Å². The SMILES string of the molecule is CC(O)(COc1ccc(Br)cc1F)c1ccccc1. The molecule has 2 aromatic rings. The van der Waals surface area contributed by atoms with Crippen LogP contribution in [0.5, 0.6) is 5.75 Å². The first-order valence-corrected chi connectivity index (χ1v) is 6.64. The number of benzene rings is 2. The Hall–Kier alpha value is -1.39. The van der Waals surface area contributed by atoms with E-state index in [1.165, 1.54) is 12.1 Å². The molecule has 0 aliphatic rings. The molecule has 2 nitrogen and oxygen atoms in total. The van der Waals surface area contributed by atoms with Crippen molar-refractivity contribution in [3.63, 3.8) is 0 Å². The fraction of sp³-hybridized carbons (Fsp3) is 0.200. The minimum atomic E-state index is -1.17. The van der Waals surface area contributed by atoms with Gasteiger partial charge < -0.3 is 9.84 Å². The molecule has 1 unspecified atom stereocenters. The zero-order valence-electron chi connectivity index (χ0n) is 10.4. The lowest BCUT2D eigenvalue weighted by atomic mass is 9.97. The molecule has 100 valence electrons. The van der Waals surface area contributed by atoms with Gasteiger partial charge in [0.05, 0.1) is 0 Å². The molecule has 1 atom stereocenters. The van der Waals surface area contributed by atoms with Crippen molar-refractivity contribution in [1.29, 1.82) is 0 Å². The molecular formula is C15H14BrFO2. The van der Waals surface area contributed by atoms with Crippen molar-refractivity contribution in [3.05, 3.63) is 64.4 Å². The van der Waals surface area contributed by atoms with Gasteiger partial charge in [0.2, 0.25) is 0 Å². The molecular weight excluding hydrogens is 311 g/mol. The summed E-state index contributed by atoms with van der Waals surface area (Å²) in [6, 6.07) is 13.7. The normalized spacial score (nSPS) is 13.9. The summed E-state index contributed by atoms with van der Waals surface area (Å²) in [5, 5.41) is 10.3. The van der Waals surface area contributed by atoms with Gasteiger partial charge in [-0.2, -0.15) is 0 Å². The van der Waals surface area contributed by atoms with Crippen molar-refractivity contribution < 1.29 is 14.2 Å². The fourth-order valence-electron chi connectivity index (χ4n) is 1.69. The number of halogens is 2. The maximum atomic E-state index is 13.6. The average molecular weight is 325 g/mol. The molecule has 0 spiro atoms. The lowest BCUT2D eigenvalue weighted by Gasteiger charge is -2.24. The molecule has 0 bridgehead atoms. The number of ether oxygens (including phenoxy) is 1. The largest absolute Gasteiger partial charge is 0.487 e. The van der Waals surface area contributed by atoms with Gasteiger partial charge in [-0.1, -0.05) is 46.3 Å². The first-order valence-electron chi connectivity index (χ1n) is 5.85. The Bertz CT molecular complexity index is 555. The highest BCUT2D eigenvalue weighted by molar-refractivity contribution is 9.10. The van der Waals surface area contributed by atoms with E-state index in [0.717, 1.165) is 5.56 Å². The molecule has 2 rings (SSSR count). The molecule has 0 aliphatic heterocycles. The van der Waals surface area contributed by atoms with Gasteiger partial charge in [0.15, 0.2) is 11.6 Å². The lowest BCUT2D eigenvalue weighted by Crippen LogP contribution is -2.29. The van der Waals surface area contributed by atoms with Crippen molar-refractivity contribution in [1.82, 2.24) is 0 Å². The first-order chi connectivity index (χ1) is 8.99. The quantitative estimate of drug-likeness (QED) is 0.924. The van der Waals surface area contributed by atoms with Crippen LogP contribution in [0.1, 0.15) is 12.5 Å². The molecule has 4 heteroatoms. The standard InChI is InChI=1S/C15H14BrFO2/c1-15(18,11-5-3-2-4-6-11)10-19-14-8-7-12(16)9-13(14)17/h2-9,18H,10H2,1H3. The fourth-order valence-corrected chi connectivity index (χ4v) is 2.02. The topological polar surface area (TPSA) is 29.5 Å². The molecule has 19 heavy (non-hydrogen) atoms. The predicted octanol–water partition coefficient (Wildman–Crippen LogP) is 3.87. The van der Waals surface area contributed by atoms with E-state index in [0.29, 0.717) is 4.47 Å². The van der Waals surface area contributed by atoms with Gasteiger partial charge >= 0.3 is 0 Å². The molecule has 0 saturated carbocycles. The summed E-state index contributed by atoms with van der Waals surface area (Å²) in [6.45, 7) is 1.62. The lowest BCUT2D eigenvalue weighted by molar-refractivity contribution is 0.00642. The van der Waals surface area contributed by atoms with Gasteiger partial charge in [-0.25, -0.2) is 4.39 Å². The first kappa shape index (κ1) is 14.0. The van der Waals surface area contributed by atoms with Crippen LogP contribution in [-0.4, -0.2) is 11.7 Å². The van der Waals surface area contributed by atoms with Crippen LogP contribution < -0.4 is 4.74 Å². The van der Waals surface area contributed by atoms with E-state index in [1.54, 1.807) is 25.1 Å². The van der Waals surface area contributed by atoms with Crippen molar-refractivity contribution in [2.45, 2.75) is 12.5 Å². The summed E-state index contributed by atoms with van der Waals surface area (Å²) < 4.78 is 19.6. The van der Waals surface area contributed by atoms with Crippen LogP contribution in [0.4, 0.5) is 4.39 Å². The monoisotopic (exact) mass is 324 g/mol. The second-order valence-corrected chi connectivity index (χ2v) is 5.42. The van der Waals surface area contributed by atoms with Crippen LogP contribution in [0.2, 0.25) is 0 Å². The van der Waals surface area contributed by atoms with Crippen LogP contribution >= 0.6 is 15.9 Å². The van der Waals surface area contributed by atoms with Crippen molar-refractivity contribution in [2.75, 3.05) is 6.61 Å². The Morgan fingerprint density at radius 3 is 2.53 bits per heavy atom. The zero-order valence-corrected chi connectivity index (χ0v) is 12.0. The third kappa shape index (κ3) is 3.55. The summed E-state index contributed by atoms with van der Waals surface area (Å²) in [5.41, 5.74) is -0.437. The van der Waals surface area contributed by atoms with E-state index < -0.39 is 11.4 Å². The number of hydrogen-bond donors (Lipinski definition) is 1. The van der Waals surface area contributed by atoms with Crippen molar-refractivity contribution in [3.8, 4) is 5.75 Å². The molecule has 2 aromatic carbocycles. The minimum Gasteiger partial charge on any atom is -0.487 e. The Kier molecular flexibility index (Phi) is 4.22. The molecule has 0 aromatic heterocycles. The van der Waals surface area contributed by atoms with Crippen LogP contribution in [0.15, 0.2) is 53.0 Å². The Morgan fingerprint density at radius 1 is 1.21 bits per heavy atom. The Balaban J connectivity index is 2.09. The van der Waals surface area contributed by atoms with Crippen LogP contribution in [-0.2, 0) is 5.60 Å². The summed E-state index contributed by atoms with van der Waals surface area (Å²) in [6.07, 6.45) is 0. The molecule has 0 amide bonds. The highest BCUT2D eigenvalue weighted by Gasteiger charge is 2.24.